The van der Waals surface area contributed by atoms with Crippen LogP contribution in [-0.2, 0) is 12.5 Å². The van der Waals surface area contributed by atoms with Crippen LogP contribution < -0.4 is 0 Å². The third-order valence-electron chi connectivity index (χ3n) is 5.35. The molecule has 25 heavy (non-hydrogen) atoms. The van der Waals surface area contributed by atoms with Crippen LogP contribution in [-0.4, -0.2) is 4.57 Å². The highest BCUT2D eigenvalue weighted by Crippen LogP contribution is 2.44. The molecule has 0 saturated heterocycles. The van der Waals surface area contributed by atoms with Crippen molar-refractivity contribution in [2.75, 3.05) is 0 Å². The van der Waals surface area contributed by atoms with Gasteiger partial charge in [0.1, 0.15) is 0 Å². The lowest BCUT2D eigenvalue weighted by molar-refractivity contribution is 0.596. The van der Waals surface area contributed by atoms with Crippen molar-refractivity contribution in [1.82, 2.24) is 4.57 Å². The van der Waals surface area contributed by atoms with Gasteiger partial charge >= 0.3 is 0 Å². The van der Waals surface area contributed by atoms with E-state index in [1.165, 1.54) is 47.5 Å². The van der Waals surface area contributed by atoms with Crippen molar-refractivity contribution in [2.45, 2.75) is 26.2 Å². The molecule has 1 nitrogen and oxygen atoms in total. The molecule has 2 heterocycles. The van der Waals surface area contributed by atoms with E-state index in [1.807, 2.05) is 11.3 Å². The molecule has 0 bridgehead atoms. The number of nitrogens with zero attached hydrogens (tertiary/aromatic N) is 1. The lowest BCUT2D eigenvalue weighted by Crippen LogP contribution is -2.11. The molecule has 0 aliphatic carbocycles. The van der Waals surface area contributed by atoms with E-state index in [0.717, 1.165) is 0 Å². The molecule has 0 N–H and O–H groups in total. The first-order chi connectivity index (χ1) is 12.0. The van der Waals surface area contributed by atoms with Gasteiger partial charge < -0.3 is 4.57 Å². The Balaban J connectivity index is 2.12. The summed E-state index contributed by atoms with van der Waals surface area (Å²) in [6, 6.07) is 20.1. The van der Waals surface area contributed by atoms with Crippen molar-refractivity contribution in [1.29, 1.82) is 0 Å². The van der Waals surface area contributed by atoms with Crippen LogP contribution in [0.25, 0.3) is 42.0 Å². The van der Waals surface area contributed by atoms with Crippen LogP contribution >= 0.6 is 11.3 Å². The Morgan fingerprint density at radius 3 is 2.32 bits per heavy atom. The number of fused-ring (bicyclic) bond motifs is 7. The van der Waals surface area contributed by atoms with E-state index >= 15 is 0 Å². The Bertz CT molecular complexity index is 1280. The van der Waals surface area contributed by atoms with E-state index in [2.05, 4.69) is 87.0 Å². The first-order valence-electron chi connectivity index (χ1n) is 8.78. The Morgan fingerprint density at radius 1 is 0.760 bits per heavy atom. The molecule has 0 unspecified atom stereocenters. The van der Waals surface area contributed by atoms with Crippen LogP contribution in [0.3, 0.4) is 0 Å². The molecule has 0 fully saturated rings. The number of thiophene rings is 1. The molecule has 0 aliphatic heterocycles. The molecule has 3 aromatic carbocycles. The summed E-state index contributed by atoms with van der Waals surface area (Å²) in [6.45, 7) is 6.93. The van der Waals surface area contributed by atoms with Gasteiger partial charge in [0.15, 0.2) is 0 Å². The molecule has 124 valence electrons. The molecule has 0 aliphatic rings. The standard InChI is InChI=1S/C23H21NS/c1-23(2,3)16-9-7-10-17-20(16)21-18(24(17)4)13-12-15-14-8-5-6-11-19(14)25-22(15)21/h5-13H,1-4H3. The average Bonchev–Trinajstić information content (AvgIpc) is 3.10. The van der Waals surface area contributed by atoms with Crippen LogP contribution in [0.15, 0.2) is 54.6 Å². The quantitative estimate of drug-likeness (QED) is 0.285. The fourth-order valence-corrected chi connectivity index (χ4v) is 5.39. The summed E-state index contributed by atoms with van der Waals surface area (Å²) >= 11 is 1.93. The highest BCUT2D eigenvalue weighted by atomic mass is 32.1. The minimum Gasteiger partial charge on any atom is -0.344 e. The van der Waals surface area contributed by atoms with E-state index in [9.17, 15) is 0 Å². The zero-order chi connectivity index (χ0) is 17.3. The summed E-state index contributed by atoms with van der Waals surface area (Å²) in [5, 5.41) is 5.59. The number of aryl methyl sites for hydroxylation is 1. The maximum absolute atomic E-state index is 2.35. The summed E-state index contributed by atoms with van der Waals surface area (Å²) in [5.41, 5.74) is 4.20. The molecule has 5 aromatic rings. The maximum Gasteiger partial charge on any atom is 0.0503 e. The molecular weight excluding hydrogens is 322 g/mol. The molecule has 0 saturated carbocycles. The highest BCUT2D eigenvalue weighted by molar-refractivity contribution is 7.26. The van der Waals surface area contributed by atoms with Gasteiger partial charge in [0.2, 0.25) is 0 Å². The number of benzene rings is 3. The smallest absolute Gasteiger partial charge is 0.0503 e. The fourth-order valence-electron chi connectivity index (χ4n) is 4.14. The second kappa shape index (κ2) is 4.86. The van der Waals surface area contributed by atoms with Gasteiger partial charge in [-0.15, -0.1) is 11.3 Å². The average molecular weight is 343 g/mol. The van der Waals surface area contributed by atoms with Gasteiger partial charge in [0, 0.05) is 43.5 Å². The normalized spacial score (nSPS) is 12.8. The molecular formula is C23H21NS. The van der Waals surface area contributed by atoms with Crippen molar-refractivity contribution in [3.63, 3.8) is 0 Å². The molecule has 0 amide bonds. The fraction of sp³-hybridized carbons (Fsp3) is 0.217. The number of hydrogen-bond donors (Lipinski definition) is 0. The Labute approximate surface area is 151 Å². The highest BCUT2D eigenvalue weighted by Gasteiger charge is 2.22. The first-order valence-corrected chi connectivity index (χ1v) is 9.60. The zero-order valence-electron chi connectivity index (χ0n) is 15.1. The summed E-state index contributed by atoms with van der Waals surface area (Å²) < 4.78 is 5.14. The van der Waals surface area contributed by atoms with Crippen LogP contribution in [0.1, 0.15) is 26.3 Å². The van der Waals surface area contributed by atoms with Crippen LogP contribution in [0.2, 0.25) is 0 Å². The van der Waals surface area contributed by atoms with Crippen LogP contribution in [0, 0.1) is 0 Å². The Morgan fingerprint density at radius 2 is 1.52 bits per heavy atom. The molecule has 5 rings (SSSR count). The largest absolute Gasteiger partial charge is 0.344 e. The van der Waals surface area contributed by atoms with Gasteiger partial charge in [-0.25, -0.2) is 0 Å². The summed E-state index contributed by atoms with van der Waals surface area (Å²) in [6.07, 6.45) is 0. The summed E-state index contributed by atoms with van der Waals surface area (Å²) in [4.78, 5) is 0. The Hall–Kier alpha value is -2.32. The molecule has 0 atom stereocenters. The third-order valence-corrected chi connectivity index (χ3v) is 6.55. The van der Waals surface area contributed by atoms with Crippen molar-refractivity contribution < 1.29 is 0 Å². The van der Waals surface area contributed by atoms with Crippen LogP contribution in [0.4, 0.5) is 0 Å². The third kappa shape index (κ3) is 1.95. The van der Waals surface area contributed by atoms with Crippen molar-refractivity contribution in [3.8, 4) is 0 Å². The van der Waals surface area contributed by atoms with Gasteiger partial charge in [0.25, 0.3) is 0 Å². The minimum atomic E-state index is 0.118. The van der Waals surface area contributed by atoms with Crippen molar-refractivity contribution >= 4 is 53.3 Å². The minimum absolute atomic E-state index is 0.118. The lowest BCUT2D eigenvalue weighted by Gasteiger charge is -2.20. The predicted octanol–water partition coefficient (Wildman–Crippen LogP) is 7.00. The van der Waals surface area contributed by atoms with Gasteiger partial charge in [0.05, 0.1) is 5.52 Å². The SMILES string of the molecule is Cn1c2cccc(C(C)(C)C)c2c2c3sc4ccccc4c3ccc21. The Kier molecular flexibility index (Phi) is 2.91. The zero-order valence-corrected chi connectivity index (χ0v) is 15.9. The molecule has 2 aromatic heterocycles. The van der Waals surface area contributed by atoms with Gasteiger partial charge in [-0.1, -0.05) is 57.2 Å². The number of hydrogen-bond acceptors (Lipinski definition) is 1. The van der Waals surface area contributed by atoms with Crippen molar-refractivity contribution in [2.24, 2.45) is 7.05 Å². The van der Waals surface area contributed by atoms with E-state index in [0.29, 0.717) is 0 Å². The topological polar surface area (TPSA) is 4.93 Å². The predicted molar refractivity (Wildman–Crippen MR) is 112 cm³/mol. The van der Waals surface area contributed by atoms with Crippen molar-refractivity contribution in [3.05, 3.63) is 60.2 Å². The van der Waals surface area contributed by atoms with Gasteiger partial charge in [-0.2, -0.15) is 0 Å². The van der Waals surface area contributed by atoms with Gasteiger partial charge in [-0.05, 0) is 29.2 Å². The van der Waals surface area contributed by atoms with E-state index < -0.39 is 0 Å². The number of aromatic nitrogens is 1. The lowest BCUT2D eigenvalue weighted by atomic mass is 9.84. The maximum atomic E-state index is 2.35. The monoisotopic (exact) mass is 343 g/mol. The number of rotatable bonds is 0. The summed E-state index contributed by atoms with van der Waals surface area (Å²) in [7, 11) is 2.19. The first kappa shape index (κ1) is 15.0. The second-order valence-electron chi connectivity index (χ2n) is 7.94. The second-order valence-corrected chi connectivity index (χ2v) is 9.00. The van der Waals surface area contributed by atoms with Gasteiger partial charge in [-0.3, -0.25) is 0 Å². The summed E-state index contributed by atoms with van der Waals surface area (Å²) in [5.74, 6) is 0. The van der Waals surface area contributed by atoms with E-state index in [4.69, 9.17) is 0 Å². The molecule has 0 radical (unpaired) electrons. The molecule has 2 heteroatoms. The van der Waals surface area contributed by atoms with Crippen LogP contribution in [0.5, 0.6) is 0 Å². The van der Waals surface area contributed by atoms with E-state index in [-0.39, 0.29) is 5.41 Å². The molecule has 0 spiro atoms. The van der Waals surface area contributed by atoms with E-state index in [1.54, 1.807) is 0 Å².